The van der Waals surface area contributed by atoms with Gasteiger partial charge in [-0.1, -0.05) is 42.5 Å². The second kappa shape index (κ2) is 5.75. The summed E-state index contributed by atoms with van der Waals surface area (Å²) in [6.45, 7) is 0. The average Bonchev–Trinajstić information content (AvgIpc) is 3.40. The Kier molecular flexibility index (Phi) is 3.28. The normalized spacial score (nSPS) is 12.5. The SMILES string of the molecule is C1=Cc2c(-c3nc(-c4ccccc4)c(-c4ncn[nH]4)s3)ccnc2C1. The van der Waals surface area contributed by atoms with Gasteiger partial charge >= 0.3 is 0 Å². The number of nitrogens with one attached hydrogen (secondary N) is 1. The Morgan fingerprint density at radius 1 is 1.04 bits per heavy atom. The zero-order chi connectivity index (χ0) is 16.6. The number of nitrogens with zero attached hydrogens (tertiary/aromatic N) is 4. The molecule has 3 aromatic heterocycles. The summed E-state index contributed by atoms with van der Waals surface area (Å²) in [5.41, 5.74) is 5.38. The summed E-state index contributed by atoms with van der Waals surface area (Å²) in [5, 5.41) is 7.93. The van der Waals surface area contributed by atoms with E-state index < -0.39 is 0 Å². The van der Waals surface area contributed by atoms with Crippen LogP contribution in [0.2, 0.25) is 0 Å². The maximum absolute atomic E-state index is 4.95. The fourth-order valence-corrected chi connectivity index (χ4v) is 4.12. The van der Waals surface area contributed by atoms with Gasteiger partial charge in [0.05, 0.1) is 16.3 Å². The quantitative estimate of drug-likeness (QED) is 0.604. The standard InChI is InChI=1S/C19H13N5S/c1-2-5-12(6-3-1)16-17(18-21-11-22-24-18)25-19(23-16)14-9-10-20-15-8-4-7-13(14)15/h1-7,9-11H,8H2,(H,21,22,24). The monoisotopic (exact) mass is 343 g/mol. The summed E-state index contributed by atoms with van der Waals surface area (Å²) in [6.07, 6.45) is 8.55. The second-order valence-electron chi connectivity index (χ2n) is 5.72. The molecule has 1 N–H and O–H groups in total. The zero-order valence-corrected chi connectivity index (χ0v) is 14.0. The predicted octanol–water partition coefficient (Wildman–Crippen LogP) is 4.23. The van der Waals surface area contributed by atoms with Gasteiger partial charge in [0.2, 0.25) is 0 Å². The number of fused-ring (bicyclic) bond motifs is 1. The Labute approximate surface area is 148 Å². The minimum Gasteiger partial charge on any atom is -0.260 e. The van der Waals surface area contributed by atoms with Gasteiger partial charge < -0.3 is 0 Å². The van der Waals surface area contributed by atoms with Crippen LogP contribution in [0.15, 0.2) is 55.0 Å². The molecule has 4 aromatic rings. The van der Waals surface area contributed by atoms with Crippen LogP contribution in [0.3, 0.4) is 0 Å². The van der Waals surface area contributed by atoms with E-state index in [2.05, 4.69) is 44.5 Å². The van der Waals surface area contributed by atoms with Crippen LogP contribution in [0.4, 0.5) is 0 Å². The second-order valence-corrected chi connectivity index (χ2v) is 6.72. The third-order valence-corrected chi connectivity index (χ3v) is 5.30. The van der Waals surface area contributed by atoms with Crippen molar-refractivity contribution >= 4 is 17.4 Å². The molecule has 1 aliphatic carbocycles. The Bertz CT molecular complexity index is 1060. The number of rotatable bonds is 3. The highest BCUT2D eigenvalue weighted by Gasteiger charge is 2.20. The fraction of sp³-hybridized carbons (Fsp3) is 0.0526. The number of pyridine rings is 1. The van der Waals surface area contributed by atoms with Crippen LogP contribution in [-0.4, -0.2) is 25.1 Å². The molecule has 0 fully saturated rings. The van der Waals surface area contributed by atoms with E-state index in [1.807, 2.05) is 30.5 Å². The topological polar surface area (TPSA) is 67.3 Å². The summed E-state index contributed by atoms with van der Waals surface area (Å²) in [5.74, 6) is 0.740. The van der Waals surface area contributed by atoms with Crippen molar-refractivity contribution in [3.8, 4) is 32.5 Å². The zero-order valence-electron chi connectivity index (χ0n) is 13.2. The molecule has 5 nitrogen and oxygen atoms in total. The van der Waals surface area contributed by atoms with Gasteiger partial charge in [-0.3, -0.25) is 10.1 Å². The fourth-order valence-electron chi connectivity index (χ4n) is 3.04. The number of H-pyrrole nitrogens is 1. The van der Waals surface area contributed by atoms with E-state index in [-0.39, 0.29) is 0 Å². The van der Waals surface area contributed by atoms with Crippen molar-refractivity contribution in [2.75, 3.05) is 0 Å². The largest absolute Gasteiger partial charge is 0.260 e. The van der Waals surface area contributed by atoms with Gasteiger partial charge in [-0.2, -0.15) is 5.10 Å². The summed E-state index contributed by atoms with van der Waals surface area (Å²) in [7, 11) is 0. The Morgan fingerprint density at radius 2 is 1.96 bits per heavy atom. The number of aromatic nitrogens is 5. The minimum atomic E-state index is 0.740. The Hall–Kier alpha value is -3.12. The first-order valence-electron chi connectivity index (χ1n) is 7.97. The van der Waals surface area contributed by atoms with E-state index in [4.69, 9.17) is 4.98 Å². The highest BCUT2D eigenvalue weighted by molar-refractivity contribution is 7.18. The molecule has 0 saturated heterocycles. The van der Waals surface area contributed by atoms with Crippen molar-refractivity contribution < 1.29 is 0 Å². The highest BCUT2D eigenvalue weighted by Crippen LogP contribution is 2.41. The minimum absolute atomic E-state index is 0.740. The molecule has 0 unspecified atom stereocenters. The lowest BCUT2D eigenvalue weighted by Gasteiger charge is -2.03. The molecule has 0 spiro atoms. The first-order valence-corrected chi connectivity index (χ1v) is 8.78. The van der Waals surface area contributed by atoms with Crippen LogP contribution in [0.25, 0.3) is 38.6 Å². The smallest absolute Gasteiger partial charge is 0.167 e. The number of aromatic amines is 1. The highest BCUT2D eigenvalue weighted by atomic mass is 32.1. The molecule has 0 aliphatic heterocycles. The van der Waals surface area contributed by atoms with Crippen LogP contribution in [0.5, 0.6) is 0 Å². The number of hydrogen-bond donors (Lipinski definition) is 1. The van der Waals surface area contributed by atoms with E-state index in [1.165, 1.54) is 11.9 Å². The summed E-state index contributed by atoms with van der Waals surface area (Å²) in [4.78, 5) is 14.7. The van der Waals surface area contributed by atoms with Gasteiger partial charge in [-0.05, 0) is 6.07 Å². The molecule has 120 valence electrons. The molecule has 25 heavy (non-hydrogen) atoms. The van der Waals surface area contributed by atoms with Crippen LogP contribution in [0.1, 0.15) is 11.3 Å². The van der Waals surface area contributed by atoms with Crippen LogP contribution in [-0.2, 0) is 6.42 Å². The van der Waals surface area contributed by atoms with E-state index in [9.17, 15) is 0 Å². The van der Waals surface area contributed by atoms with Crippen molar-refractivity contribution in [2.24, 2.45) is 0 Å². The molecule has 5 rings (SSSR count). The van der Waals surface area contributed by atoms with Crippen molar-refractivity contribution in [3.63, 3.8) is 0 Å². The van der Waals surface area contributed by atoms with Gasteiger partial charge in [0.15, 0.2) is 5.82 Å². The lowest BCUT2D eigenvalue weighted by molar-refractivity contribution is 1.10. The molecule has 0 amide bonds. The number of allylic oxidation sites excluding steroid dienone is 1. The van der Waals surface area contributed by atoms with Gasteiger partial charge in [0, 0.05) is 29.3 Å². The molecule has 3 heterocycles. The number of thiazole rings is 1. The van der Waals surface area contributed by atoms with E-state index in [1.54, 1.807) is 11.3 Å². The van der Waals surface area contributed by atoms with Crippen molar-refractivity contribution in [1.29, 1.82) is 0 Å². The summed E-state index contributed by atoms with van der Waals surface area (Å²) >= 11 is 1.62. The van der Waals surface area contributed by atoms with Crippen LogP contribution in [0, 0.1) is 0 Å². The lowest BCUT2D eigenvalue weighted by atomic mass is 10.1. The van der Waals surface area contributed by atoms with Crippen LogP contribution < -0.4 is 0 Å². The lowest BCUT2D eigenvalue weighted by Crippen LogP contribution is -1.90. The number of hydrogen-bond acceptors (Lipinski definition) is 5. The van der Waals surface area contributed by atoms with E-state index >= 15 is 0 Å². The van der Waals surface area contributed by atoms with Gasteiger partial charge in [0.1, 0.15) is 11.3 Å². The van der Waals surface area contributed by atoms with Crippen molar-refractivity contribution in [3.05, 3.63) is 66.3 Å². The molecular weight excluding hydrogens is 330 g/mol. The Morgan fingerprint density at radius 3 is 2.80 bits per heavy atom. The van der Waals surface area contributed by atoms with Gasteiger partial charge in [-0.25, -0.2) is 9.97 Å². The third-order valence-electron chi connectivity index (χ3n) is 4.20. The summed E-state index contributed by atoms with van der Waals surface area (Å²) < 4.78 is 0. The predicted molar refractivity (Wildman–Crippen MR) is 98.9 cm³/mol. The van der Waals surface area contributed by atoms with Gasteiger partial charge in [-0.15, -0.1) is 11.3 Å². The first-order chi connectivity index (χ1) is 12.4. The maximum atomic E-state index is 4.95. The first kappa shape index (κ1) is 14.2. The van der Waals surface area contributed by atoms with E-state index in [0.717, 1.165) is 44.6 Å². The van der Waals surface area contributed by atoms with Crippen molar-refractivity contribution in [1.82, 2.24) is 25.1 Å². The van der Waals surface area contributed by atoms with E-state index in [0.29, 0.717) is 0 Å². The molecule has 0 radical (unpaired) electrons. The third kappa shape index (κ3) is 2.38. The van der Waals surface area contributed by atoms with Gasteiger partial charge in [0.25, 0.3) is 0 Å². The molecule has 0 bridgehead atoms. The summed E-state index contributed by atoms with van der Waals surface area (Å²) in [6, 6.07) is 12.2. The molecule has 6 heteroatoms. The van der Waals surface area contributed by atoms with Crippen LogP contribution >= 0.6 is 11.3 Å². The molecular formula is C19H13N5S. The molecule has 1 aliphatic rings. The average molecular weight is 343 g/mol. The molecule has 1 aromatic carbocycles. The molecule has 0 saturated carbocycles. The maximum Gasteiger partial charge on any atom is 0.167 e. The Balaban J connectivity index is 1.73. The molecule has 0 atom stereocenters. The van der Waals surface area contributed by atoms with Crippen molar-refractivity contribution in [2.45, 2.75) is 6.42 Å². The number of benzene rings is 1.